The molecular weight excluding hydrogens is 350 g/mol. The van der Waals surface area contributed by atoms with Crippen molar-refractivity contribution in [2.45, 2.75) is 43.7 Å². The summed E-state index contributed by atoms with van der Waals surface area (Å²) in [5.41, 5.74) is 2.11. The molecule has 1 aromatic heterocycles. The summed E-state index contributed by atoms with van der Waals surface area (Å²) < 4.78 is 0. The number of aliphatic hydroxyl groups is 1. The summed E-state index contributed by atoms with van der Waals surface area (Å²) in [6, 6.07) is 14.0. The van der Waals surface area contributed by atoms with E-state index < -0.39 is 0 Å². The van der Waals surface area contributed by atoms with Gasteiger partial charge in [0.2, 0.25) is 5.91 Å². The zero-order chi connectivity index (χ0) is 19.3. The van der Waals surface area contributed by atoms with Crippen molar-refractivity contribution in [1.29, 1.82) is 0 Å². The van der Waals surface area contributed by atoms with E-state index in [1.54, 1.807) is 12.4 Å². The number of carbonyl (C=O) groups excluding carboxylic acids is 1. The minimum Gasteiger partial charge on any atom is -0.394 e. The third-order valence-corrected chi connectivity index (χ3v) is 6.29. The van der Waals surface area contributed by atoms with Crippen LogP contribution in [0.5, 0.6) is 0 Å². The van der Waals surface area contributed by atoms with Crippen LogP contribution in [-0.4, -0.2) is 52.7 Å². The van der Waals surface area contributed by atoms with E-state index in [0.717, 1.165) is 24.6 Å². The number of hydrogen-bond acceptors (Lipinski definition) is 4. The summed E-state index contributed by atoms with van der Waals surface area (Å²) in [5, 5.41) is 13.6. The molecule has 148 valence electrons. The molecule has 1 saturated heterocycles. The number of nitrogens with zero attached hydrogens (tertiary/aromatic N) is 2. The lowest BCUT2D eigenvalue weighted by molar-refractivity contribution is -0.149. The monoisotopic (exact) mass is 379 g/mol. The lowest BCUT2D eigenvalue weighted by Gasteiger charge is -2.55. The van der Waals surface area contributed by atoms with Gasteiger partial charge in [-0.2, -0.15) is 0 Å². The van der Waals surface area contributed by atoms with Crippen molar-refractivity contribution in [2.75, 3.05) is 19.7 Å². The van der Waals surface area contributed by atoms with E-state index >= 15 is 0 Å². The van der Waals surface area contributed by atoms with E-state index in [9.17, 15) is 9.90 Å². The first-order valence-electron chi connectivity index (χ1n) is 10.3. The first-order valence-corrected chi connectivity index (χ1v) is 10.3. The molecule has 2 heterocycles. The summed E-state index contributed by atoms with van der Waals surface area (Å²) in [6.45, 7) is 1.77. The van der Waals surface area contributed by atoms with Gasteiger partial charge in [-0.15, -0.1) is 0 Å². The third-order valence-electron chi connectivity index (χ3n) is 6.29. The second-order valence-corrected chi connectivity index (χ2v) is 8.05. The molecule has 0 spiro atoms. The van der Waals surface area contributed by atoms with E-state index in [-0.39, 0.29) is 30.5 Å². The van der Waals surface area contributed by atoms with Crippen LogP contribution in [0, 0.1) is 5.92 Å². The molecule has 0 radical (unpaired) electrons. The summed E-state index contributed by atoms with van der Waals surface area (Å²) in [5.74, 6) is 1.01. The van der Waals surface area contributed by atoms with E-state index in [1.807, 2.05) is 35.2 Å². The van der Waals surface area contributed by atoms with Crippen molar-refractivity contribution in [3.05, 3.63) is 66.0 Å². The normalized spacial score (nSPS) is 24.5. The van der Waals surface area contributed by atoms with E-state index in [2.05, 4.69) is 22.4 Å². The predicted octanol–water partition coefficient (Wildman–Crippen LogP) is 2.37. The fourth-order valence-electron chi connectivity index (χ4n) is 4.56. The Labute approximate surface area is 166 Å². The molecule has 0 unspecified atom stereocenters. The summed E-state index contributed by atoms with van der Waals surface area (Å²) in [7, 11) is 0. The summed E-state index contributed by atoms with van der Waals surface area (Å²) in [4.78, 5) is 19.1. The van der Waals surface area contributed by atoms with Crippen LogP contribution in [0.2, 0.25) is 0 Å². The molecule has 2 N–H and O–H groups in total. The summed E-state index contributed by atoms with van der Waals surface area (Å²) in [6.07, 6.45) is 7.73. The van der Waals surface area contributed by atoms with Gasteiger partial charge in [-0.25, -0.2) is 0 Å². The molecule has 2 aliphatic rings. The summed E-state index contributed by atoms with van der Waals surface area (Å²) >= 11 is 0. The minimum atomic E-state index is -0.165. The van der Waals surface area contributed by atoms with Gasteiger partial charge in [0.15, 0.2) is 0 Å². The molecule has 1 amide bonds. The number of aliphatic hydroxyl groups excluding tert-OH is 1. The number of aromatic nitrogens is 1. The Morgan fingerprint density at radius 1 is 1.11 bits per heavy atom. The maximum atomic E-state index is 13.1. The van der Waals surface area contributed by atoms with Crippen LogP contribution in [0.4, 0.5) is 0 Å². The van der Waals surface area contributed by atoms with Crippen molar-refractivity contribution in [2.24, 2.45) is 5.92 Å². The lowest BCUT2D eigenvalue weighted by Crippen LogP contribution is -2.68. The number of rotatable bonds is 8. The fraction of sp³-hybridized carbons (Fsp3) is 0.478. The third kappa shape index (κ3) is 3.96. The molecule has 28 heavy (non-hydrogen) atoms. The van der Waals surface area contributed by atoms with E-state index in [4.69, 9.17) is 0 Å². The van der Waals surface area contributed by atoms with Crippen molar-refractivity contribution in [3.63, 3.8) is 0 Å². The second-order valence-electron chi connectivity index (χ2n) is 8.05. The lowest BCUT2D eigenvalue weighted by atomic mass is 9.74. The van der Waals surface area contributed by atoms with Crippen molar-refractivity contribution in [1.82, 2.24) is 15.2 Å². The van der Waals surface area contributed by atoms with Crippen LogP contribution in [0.15, 0.2) is 54.9 Å². The van der Waals surface area contributed by atoms with Gasteiger partial charge in [-0.3, -0.25) is 9.78 Å². The molecule has 2 aromatic rings. The first-order chi connectivity index (χ1) is 13.8. The molecule has 1 saturated carbocycles. The van der Waals surface area contributed by atoms with Crippen LogP contribution in [0.1, 0.15) is 36.3 Å². The average molecular weight is 380 g/mol. The number of nitrogens with one attached hydrogen (secondary N) is 1. The van der Waals surface area contributed by atoms with Gasteiger partial charge in [0.25, 0.3) is 0 Å². The van der Waals surface area contributed by atoms with Crippen LogP contribution >= 0.6 is 0 Å². The number of carbonyl (C=O) groups is 1. The zero-order valence-corrected chi connectivity index (χ0v) is 16.2. The maximum absolute atomic E-state index is 13.1. The first kappa shape index (κ1) is 19.1. The molecular formula is C23H29N3O2. The molecule has 3 atom stereocenters. The largest absolute Gasteiger partial charge is 0.394 e. The quantitative estimate of drug-likeness (QED) is 0.739. The van der Waals surface area contributed by atoms with Crippen molar-refractivity contribution >= 4 is 5.91 Å². The fourth-order valence-corrected chi connectivity index (χ4v) is 4.56. The SMILES string of the molecule is O=C(Cc1cccnc1)N1[C@@H](CO)[C@@H](c2ccccc2)[C@@H]1CNCC1CCC1. The standard InChI is InChI=1S/C23H29N3O2/c27-16-21-23(19-9-2-1-3-10-19)20(15-25-13-17-6-4-7-17)26(21)22(28)12-18-8-5-11-24-14-18/h1-3,5,8-11,14,17,20-21,23,25,27H,4,6-7,12-13,15-16H2/t20-,21-,23-/m0/s1. The van der Waals surface area contributed by atoms with Crippen LogP contribution in [0.25, 0.3) is 0 Å². The minimum absolute atomic E-state index is 0.0164. The van der Waals surface area contributed by atoms with Gasteiger partial charge in [0.05, 0.1) is 25.1 Å². The van der Waals surface area contributed by atoms with Crippen LogP contribution in [0.3, 0.4) is 0 Å². The Kier molecular flexibility index (Phi) is 6.03. The number of likely N-dealkylation sites (tertiary alicyclic amines) is 1. The van der Waals surface area contributed by atoms with Gasteiger partial charge >= 0.3 is 0 Å². The number of pyridine rings is 1. The zero-order valence-electron chi connectivity index (χ0n) is 16.2. The maximum Gasteiger partial charge on any atom is 0.227 e. The number of benzene rings is 1. The Bertz CT molecular complexity index is 764. The highest BCUT2D eigenvalue weighted by molar-refractivity contribution is 5.81. The van der Waals surface area contributed by atoms with E-state index in [1.165, 1.54) is 24.8 Å². The second kappa shape index (κ2) is 8.84. The van der Waals surface area contributed by atoms with Gasteiger partial charge in [0, 0.05) is 24.9 Å². The molecule has 1 aliphatic heterocycles. The van der Waals surface area contributed by atoms with Gasteiger partial charge in [-0.05, 0) is 42.5 Å². The van der Waals surface area contributed by atoms with Crippen LogP contribution < -0.4 is 5.32 Å². The molecule has 1 aliphatic carbocycles. The van der Waals surface area contributed by atoms with Gasteiger partial charge in [-0.1, -0.05) is 42.8 Å². The molecule has 1 aromatic carbocycles. The topological polar surface area (TPSA) is 65.5 Å². The van der Waals surface area contributed by atoms with Gasteiger partial charge < -0.3 is 15.3 Å². The highest BCUT2D eigenvalue weighted by Gasteiger charge is 2.50. The predicted molar refractivity (Wildman–Crippen MR) is 109 cm³/mol. The molecule has 5 nitrogen and oxygen atoms in total. The highest BCUT2D eigenvalue weighted by atomic mass is 16.3. The molecule has 5 heteroatoms. The van der Waals surface area contributed by atoms with Crippen LogP contribution in [-0.2, 0) is 11.2 Å². The Morgan fingerprint density at radius 2 is 1.93 bits per heavy atom. The number of hydrogen-bond donors (Lipinski definition) is 2. The molecule has 4 rings (SSSR count). The van der Waals surface area contributed by atoms with E-state index in [0.29, 0.717) is 6.42 Å². The van der Waals surface area contributed by atoms with Gasteiger partial charge in [0.1, 0.15) is 0 Å². The van der Waals surface area contributed by atoms with Crippen molar-refractivity contribution in [3.8, 4) is 0 Å². The average Bonchev–Trinajstić information content (AvgIpc) is 2.67. The molecule has 2 fully saturated rings. The number of amides is 1. The van der Waals surface area contributed by atoms with Crippen molar-refractivity contribution < 1.29 is 9.90 Å². The smallest absolute Gasteiger partial charge is 0.227 e. The Balaban J connectivity index is 1.49. The highest BCUT2D eigenvalue weighted by Crippen LogP contribution is 2.40. The Morgan fingerprint density at radius 3 is 2.57 bits per heavy atom. The molecule has 0 bridgehead atoms. The Hall–Kier alpha value is -2.24.